The Morgan fingerprint density at radius 1 is 1.36 bits per heavy atom. The standard InChI is InChI=1S/C10H10IN3/c11-8-2-1-3-9(6-8)12-7-10-4-5-13-14-10/h1-6,12H,7H2,(H,13,14). The van der Waals surface area contributed by atoms with E-state index in [0.717, 1.165) is 17.9 Å². The third kappa shape index (κ3) is 2.47. The van der Waals surface area contributed by atoms with Crippen LogP contribution in [0.3, 0.4) is 0 Å². The van der Waals surface area contributed by atoms with Gasteiger partial charge in [-0.1, -0.05) is 6.07 Å². The van der Waals surface area contributed by atoms with Crippen LogP contribution in [0.1, 0.15) is 5.69 Å². The minimum Gasteiger partial charge on any atom is -0.379 e. The molecule has 72 valence electrons. The maximum atomic E-state index is 3.89. The fraction of sp³-hybridized carbons (Fsp3) is 0.100. The summed E-state index contributed by atoms with van der Waals surface area (Å²) in [5.41, 5.74) is 2.22. The zero-order valence-corrected chi connectivity index (χ0v) is 9.65. The highest BCUT2D eigenvalue weighted by Gasteiger charge is 1.94. The maximum Gasteiger partial charge on any atom is 0.0567 e. The summed E-state index contributed by atoms with van der Waals surface area (Å²) in [4.78, 5) is 0. The van der Waals surface area contributed by atoms with Gasteiger partial charge in [-0.15, -0.1) is 0 Å². The molecule has 2 rings (SSSR count). The minimum atomic E-state index is 0.778. The molecule has 0 radical (unpaired) electrons. The van der Waals surface area contributed by atoms with Gasteiger partial charge in [0.1, 0.15) is 0 Å². The lowest BCUT2D eigenvalue weighted by molar-refractivity contribution is 0.981. The first-order valence-electron chi connectivity index (χ1n) is 4.32. The highest BCUT2D eigenvalue weighted by molar-refractivity contribution is 14.1. The van der Waals surface area contributed by atoms with Gasteiger partial charge in [0.15, 0.2) is 0 Å². The molecule has 4 heteroatoms. The Morgan fingerprint density at radius 2 is 2.29 bits per heavy atom. The molecule has 14 heavy (non-hydrogen) atoms. The molecule has 1 aromatic carbocycles. The molecule has 0 bridgehead atoms. The molecule has 1 aromatic heterocycles. The first-order valence-corrected chi connectivity index (χ1v) is 5.40. The molecular weight excluding hydrogens is 289 g/mol. The molecular formula is C10H10IN3. The molecule has 0 fully saturated rings. The Labute approximate surface area is 96.1 Å². The van der Waals surface area contributed by atoms with Crippen LogP contribution in [-0.2, 0) is 6.54 Å². The van der Waals surface area contributed by atoms with Gasteiger partial charge in [0.25, 0.3) is 0 Å². The van der Waals surface area contributed by atoms with E-state index in [0.29, 0.717) is 0 Å². The van der Waals surface area contributed by atoms with Crippen LogP contribution in [0.15, 0.2) is 36.5 Å². The number of hydrogen-bond donors (Lipinski definition) is 2. The van der Waals surface area contributed by atoms with Crippen LogP contribution < -0.4 is 5.32 Å². The van der Waals surface area contributed by atoms with E-state index in [1.165, 1.54) is 3.57 Å². The summed E-state index contributed by atoms with van der Waals surface area (Å²) in [5.74, 6) is 0. The minimum absolute atomic E-state index is 0.778. The number of rotatable bonds is 3. The van der Waals surface area contributed by atoms with Gasteiger partial charge in [-0.2, -0.15) is 5.10 Å². The van der Waals surface area contributed by atoms with Crippen molar-refractivity contribution in [2.75, 3.05) is 5.32 Å². The second-order valence-electron chi connectivity index (χ2n) is 2.95. The van der Waals surface area contributed by atoms with Crippen molar-refractivity contribution in [3.8, 4) is 0 Å². The zero-order chi connectivity index (χ0) is 9.80. The molecule has 1 heterocycles. The number of H-pyrrole nitrogens is 1. The number of nitrogens with one attached hydrogen (secondary N) is 2. The normalized spacial score (nSPS) is 10.1. The van der Waals surface area contributed by atoms with Crippen molar-refractivity contribution >= 4 is 28.3 Å². The number of halogens is 1. The Hall–Kier alpha value is -1.04. The second kappa shape index (κ2) is 4.45. The highest BCUT2D eigenvalue weighted by Crippen LogP contribution is 2.12. The fourth-order valence-corrected chi connectivity index (χ4v) is 1.72. The first kappa shape index (κ1) is 9.51. The van der Waals surface area contributed by atoms with Gasteiger partial charge in [0.2, 0.25) is 0 Å². The Balaban J connectivity index is 1.98. The molecule has 0 unspecified atom stereocenters. The Bertz CT molecular complexity index is 398. The predicted octanol–water partition coefficient (Wildman–Crippen LogP) is 2.63. The van der Waals surface area contributed by atoms with Crippen molar-refractivity contribution < 1.29 is 0 Å². The number of anilines is 1. The quantitative estimate of drug-likeness (QED) is 0.855. The van der Waals surface area contributed by atoms with E-state index in [9.17, 15) is 0 Å². The smallest absolute Gasteiger partial charge is 0.0567 e. The van der Waals surface area contributed by atoms with Crippen LogP contribution in [0.2, 0.25) is 0 Å². The van der Waals surface area contributed by atoms with Crippen LogP contribution in [-0.4, -0.2) is 10.2 Å². The Morgan fingerprint density at radius 3 is 3.00 bits per heavy atom. The van der Waals surface area contributed by atoms with E-state index in [-0.39, 0.29) is 0 Å². The first-order chi connectivity index (χ1) is 6.84. The summed E-state index contributed by atoms with van der Waals surface area (Å²) in [6, 6.07) is 10.2. The summed E-state index contributed by atoms with van der Waals surface area (Å²) in [5, 5.41) is 10.1. The SMILES string of the molecule is Ic1cccc(NCc2ccn[nH]2)c1. The molecule has 0 aliphatic carbocycles. The molecule has 3 nitrogen and oxygen atoms in total. The number of benzene rings is 1. The molecule has 0 spiro atoms. The van der Waals surface area contributed by atoms with Crippen LogP contribution in [0, 0.1) is 3.57 Å². The van der Waals surface area contributed by atoms with E-state index in [4.69, 9.17) is 0 Å². The van der Waals surface area contributed by atoms with Crippen molar-refractivity contribution in [1.82, 2.24) is 10.2 Å². The largest absolute Gasteiger partial charge is 0.379 e. The van der Waals surface area contributed by atoms with Gasteiger partial charge in [0.05, 0.1) is 12.2 Å². The predicted molar refractivity (Wildman–Crippen MR) is 65.1 cm³/mol. The van der Waals surface area contributed by atoms with Crippen molar-refractivity contribution in [2.24, 2.45) is 0 Å². The van der Waals surface area contributed by atoms with E-state index in [1.807, 2.05) is 12.1 Å². The van der Waals surface area contributed by atoms with Crippen LogP contribution in [0.4, 0.5) is 5.69 Å². The highest BCUT2D eigenvalue weighted by atomic mass is 127. The summed E-state index contributed by atoms with van der Waals surface area (Å²) in [6.07, 6.45) is 1.76. The Kier molecular flexibility index (Phi) is 3.03. The third-order valence-electron chi connectivity index (χ3n) is 1.87. The summed E-state index contributed by atoms with van der Waals surface area (Å²) < 4.78 is 1.23. The summed E-state index contributed by atoms with van der Waals surface area (Å²) >= 11 is 2.30. The average Bonchev–Trinajstić information content (AvgIpc) is 2.67. The van der Waals surface area contributed by atoms with Crippen molar-refractivity contribution in [3.05, 3.63) is 45.8 Å². The van der Waals surface area contributed by atoms with Crippen molar-refractivity contribution in [1.29, 1.82) is 0 Å². The molecule has 0 aliphatic heterocycles. The molecule has 0 atom stereocenters. The van der Waals surface area contributed by atoms with Crippen molar-refractivity contribution in [3.63, 3.8) is 0 Å². The second-order valence-corrected chi connectivity index (χ2v) is 4.19. The summed E-state index contributed by atoms with van der Waals surface area (Å²) in [7, 11) is 0. The van der Waals surface area contributed by atoms with Crippen molar-refractivity contribution in [2.45, 2.75) is 6.54 Å². The topological polar surface area (TPSA) is 40.7 Å². The number of aromatic nitrogens is 2. The summed E-state index contributed by atoms with van der Waals surface area (Å²) in [6.45, 7) is 0.778. The van der Waals surface area contributed by atoms with Gasteiger partial charge in [-0.25, -0.2) is 0 Å². The molecule has 0 amide bonds. The average molecular weight is 299 g/mol. The lowest BCUT2D eigenvalue weighted by atomic mass is 10.3. The van der Waals surface area contributed by atoms with E-state index in [2.05, 4.69) is 56.3 Å². The zero-order valence-electron chi connectivity index (χ0n) is 7.50. The number of hydrogen-bond acceptors (Lipinski definition) is 2. The van der Waals surface area contributed by atoms with Gasteiger partial charge < -0.3 is 5.32 Å². The molecule has 0 saturated heterocycles. The molecule has 2 N–H and O–H groups in total. The van der Waals surface area contributed by atoms with Crippen LogP contribution >= 0.6 is 22.6 Å². The van der Waals surface area contributed by atoms with E-state index in [1.54, 1.807) is 6.20 Å². The molecule has 2 aromatic rings. The number of nitrogens with zero attached hydrogens (tertiary/aromatic N) is 1. The lowest BCUT2D eigenvalue weighted by Gasteiger charge is -2.04. The van der Waals surface area contributed by atoms with Gasteiger partial charge in [-0.3, -0.25) is 5.10 Å². The van der Waals surface area contributed by atoms with Crippen LogP contribution in [0.5, 0.6) is 0 Å². The van der Waals surface area contributed by atoms with Gasteiger partial charge in [0, 0.05) is 15.5 Å². The monoisotopic (exact) mass is 299 g/mol. The van der Waals surface area contributed by atoms with E-state index >= 15 is 0 Å². The number of aromatic amines is 1. The maximum absolute atomic E-state index is 3.89. The third-order valence-corrected chi connectivity index (χ3v) is 2.54. The van der Waals surface area contributed by atoms with Gasteiger partial charge in [-0.05, 0) is 46.9 Å². The van der Waals surface area contributed by atoms with E-state index < -0.39 is 0 Å². The molecule has 0 saturated carbocycles. The fourth-order valence-electron chi connectivity index (χ4n) is 1.18. The van der Waals surface area contributed by atoms with Gasteiger partial charge >= 0.3 is 0 Å². The lowest BCUT2D eigenvalue weighted by Crippen LogP contribution is -1.99. The molecule has 0 aliphatic rings. The van der Waals surface area contributed by atoms with Crippen LogP contribution in [0.25, 0.3) is 0 Å².